The molecule has 0 amide bonds. The molecule has 0 radical (unpaired) electrons. The van der Waals surface area contributed by atoms with Crippen LogP contribution in [-0.2, 0) is 11.9 Å². The fourth-order valence-corrected chi connectivity index (χ4v) is 2.17. The van der Waals surface area contributed by atoms with Gasteiger partial charge in [0.05, 0.1) is 0 Å². The van der Waals surface area contributed by atoms with Crippen LogP contribution in [0.5, 0.6) is 11.5 Å². The van der Waals surface area contributed by atoms with Crippen LogP contribution in [0.1, 0.15) is 11.1 Å². The van der Waals surface area contributed by atoms with E-state index in [1.807, 2.05) is 24.3 Å². The van der Waals surface area contributed by atoms with E-state index in [1.54, 1.807) is 0 Å². The second-order valence-electron chi connectivity index (χ2n) is 4.22. The number of alkyl halides is 4. The van der Waals surface area contributed by atoms with Gasteiger partial charge in [0.2, 0.25) is 0 Å². The summed E-state index contributed by atoms with van der Waals surface area (Å²) in [6, 6.07) is 13.2. The van der Waals surface area contributed by atoms with Crippen molar-refractivity contribution in [3.05, 3.63) is 59.7 Å². The predicted octanol–water partition coefficient (Wildman–Crippen LogP) is 5.06. The molecular weight excluding hydrogens is 349 g/mol. The van der Waals surface area contributed by atoms with Gasteiger partial charge in [-0.25, -0.2) is 0 Å². The van der Waals surface area contributed by atoms with E-state index in [0.717, 1.165) is 16.9 Å². The van der Waals surface area contributed by atoms with Gasteiger partial charge in [-0.05, 0) is 23.8 Å². The summed E-state index contributed by atoms with van der Waals surface area (Å²) in [4.78, 5) is 0. The molecule has 0 aliphatic rings. The molecule has 21 heavy (non-hydrogen) atoms. The molecule has 0 fully saturated rings. The van der Waals surface area contributed by atoms with Crippen LogP contribution in [0.4, 0.5) is 13.2 Å². The molecule has 6 heteroatoms. The standard InChI is InChI=1S/C15H12BrF3O2/c16-9-12-3-1-2-4-14(12)20-10-11-5-7-13(8-6-11)21-15(17,18)19/h1-8H,9-10H2. The lowest BCUT2D eigenvalue weighted by molar-refractivity contribution is -0.274. The third-order valence-electron chi connectivity index (χ3n) is 2.67. The van der Waals surface area contributed by atoms with Crippen LogP contribution in [0.3, 0.4) is 0 Å². The molecular formula is C15H12BrF3O2. The summed E-state index contributed by atoms with van der Waals surface area (Å²) in [6.45, 7) is 0.274. The van der Waals surface area contributed by atoms with E-state index in [-0.39, 0.29) is 12.4 Å². The van der Waals surface area contributed by atoms with Crippen molar-refractivity contribution in [2.24, 2.45) is 0 Å². The first-order valence-corrected chi connectivity index (χ1v) is 7.21. The molecule has 0 N–H and O–H groups in total. The van der Waals surface area contributed by atoms with E-state index in [0.29, 0.717) is 5.33 Å². The van der Waals surface area contributed by atoms with Gasteiger partial charge in [0.25, 0.3) is 0 Å². The molecule has 0 spiro atoms. The lowest BCUT2D eigenvalue weighted by Gasteiger charge is -2.11. The summed E-state index contributed by atoms with van der Waals surface area (Å²) in [5, 5.41) is 0.668. The second kappa shape index (κ2) is 6.85. The maximum atomic E-state index is 12.0. The van der Waals surface area contributed by atoms with Crippen LogP contribution in [0.25, 0.3) is 0 Å². The largest absolute Gasteiger partial charge is 0.573 e. The zero-order valence-electron chi connectivity index (χ0n) is 10.9. The molecule has 0 saturated heterocycles. The molecule has 0 aliphatic heterocycles. The van der Waals surface area contributed by atoms with E-state index < -0.39 is 6.36 Å². The summed E-state index contributed by atoms with van der Waals surface area (Å²) in [5.41, 5.74) is 1.77. The molecule has 0 saturated carbocycles. The van der Waals surface area contributed by atoms with Gasteiger partial charge >= 0.3 is 6.36 Å². The number of hydrogen-bond acceptors (Lipinski definition) is 2. The highest BCUT2D eigenvalue weighted by Crippen LogP contribution is 2.24. The van der Waals surface area contributed by atoms with Crippen molar-refractivity contribution >= 4 is 15.9 Å². The van der Waals surface area contributed by atoms with Crippen LogP contribution in [-0.4, -0.2) is 6.36 Å². The van der Waals surface area contributed by atoms with Crippen molar-refractivity contribution < 1.29 is 22.6 Å². The highest BCUT2D eigenvalue weighted by atomic mass is 79.9. The Hall–Kier alpha value is -1.69. The van der Waals surface area contributed by atoms with E-state index in [2.05, 4.69) is 20.7 Å². The van der Waals surface area contributed by atoms with Crippen molar-refractivity contribution in [3.63, 3.8) is 0 Å². The van der Waals surface area contributed by atoms with Gasteiger partial charge < -0.3 is 9.47 Å². The zero-order valence-corrected chi connectivity index (χ0v) is 12.4. The van der Waals surface area contributed by atoms with Gasteiger partial charge in [-0.2, -0.15) is 0 Å². The topological polar surface area (TPSA) is 18.5 Å². The fraction of sp³-hybridized carbons (Fsp3) is 0.200. The Morgan fingerprint density at radius 1 is 0.952 bits per heavy atom. The van der Waals surface area contributed by atoms with Gasteiger partial charge in [0, 0.05) is 10.9 Å². The summed E-state index contributed by atoms with van der Waals surface area (Å²) in [7, 11) is 0. The van der Waals surface area contributed by atoms with Gasteiger partial charge in [0.15, 0.2) is 0 Å². The first-order valence-electron chi connectivity index (χ1n) is 6.09. The normalized spacial score (nSPS) is 11.2. The monoisotopic (exact) mass is 360 g/mol. The molecule has 2 aromatic carbocycles. The summed E-state index contributed by atoms with van der Waals surface area (Å²) in [6.07, 6.45) is -4.67. The Kier molecular flexibility index (Phi) is 5.12. The van der Waals surface area contributed by atoms with E-state index in [9.17, 15) is 13.2 Å². The molecule has 0 bridgehead atoms. The minimum absolute atomic E-state index is 0.243. The molecule has 0 heterocycles. The molecule has 0 aliphatic carbocycles. The molecule has 2 aromatic rings. The van der Waals surface area contributed by atoms with E-state index in [1.165, 1.54) is 24.3 Å². The quantitative estimate of drug-likeness (QED) is 0.694. The van der Waals surface area contributed by atoms with Gasteiger partial charge in [0.1, 0.15) is 18.1 Å². The Labute approximate surface area is 128 Å². The van der Waals surface area contributed by atoms with Gasteiger partial charge in [-0.15, -0.1) is 13.2 Å². The summed E-state index contributed by atoms with van der Waals surface area (Å²) >= 11 is 3.37. The van der Waals surface area contributed by atoms with Crippen molar-refractivity contribution in [1.29, 1.82) is 0 Å². The number of rotatable bonds is 5. The van der Waals surface area contributed by atoms with Crippen molar-refractivity contribution in [2.45, 2.75) is 18.3 Å². The highest BCUT2D eigenvalue weighted by Gasteiger charge is 2.30. The van der Waals surface area contributed by atoms with Crippen LogP contribution >= 0.6 is 15.9 Å². The number of para-hydroxylation sites is 1. The van der Waals surface area contributed by atoms with Gasteiger partial charge in [-0.3, -0.25) is 0 Å². The average molecular weight is 361 g/mol. The highest BCUT2D eigenvalue weighted by molar-refractivity contribution is 9.08. The minimum atomic E-state index is -4.67. The van der Waals surface area contributed by atoms with E-state index >= 15 is 0 Å². The number of benzene rings is 2. The molecule has 0 aromatic heterocycles. The SMILES string of the molecule is FC(F)(F)Oc1ccc(COc2ccccc2CBr)cc1. The Bertz CT molecular complexity index is 582. The Balaban J connectivity index is 1.98. The smallest absolute Gasteiger partial charge is 0.489 e. The second-order valence-corrected chi connectivity index (χ2v) is 4.78. The Morgan fingerprint density at radius 3 is 2.24 bits per heavy atom. The van der Waals surface area contributed by atoms with E-state index in [4.69, 9.17) is 4.74 Å². The Morgan fingerprint density at radius 2 is 1.62 bits per heavy atom. The lowest BCUT2D eigenvalue weighted by Crippen LogP contribution is -2.17. The third kappa shape index (κ3) is 4.97. The average Bonchev–Trinajstić information content (AvgIpc) is 2.45. The minimum Gasteiger partial charge on any atom is -0.489 e. The van der Waals surface area contributed by atoms with Gasteiger partial charge in [-0.1, -0.05) is 46.3 Å². The van der Waals surface area contributed by atoms with Crippen LogP contribution < -0.4 is 9.47 Å². The molecule has 2 nitrogen and oxygen atoms in total. The first kappa shape index (κ1) is 15.7. The molecule has 2 rings (SSSR count). The fourth-order valence-electron chi connectivity index (χ4n) is 1.70. The van der Waals surface area contributed by atoms with Crippen LogP contribution in [0.2, 0.25) is 0 Å². The molecule has 112 valence electrons. The number of ether oxygens (including phenoxy) is 2. The number of hydrogen-bond donors (Lipinski definition) is 0. The predicted molar refractivity (Wildman–Crippen MR) is 76.5 cm³/mol. The zero-order chi connectivity index (χ0) is 15.3. The molecule has 0 unspecified atom stereocenters. The van der Waals surface area contributed by atoms with Crippen LogP contribution in [0.15, 0.2) is 48.5 Å². The third-order valence-corrected chi connectivity index (χ3v) is 3.27. The lowest BCUT2D eigenvalue weighted by atomic mass is 10.2. The van der Waals surface area contributed by atoms with Crippen molar-refractivity contribution in [2.75, 3.05) is 0 Å². The van der Waals surface area contributed by atoms with Crippen molar-refractivity contribution in [3.8, 4) is 11.5 Å². The summed E-state index contributed by atoms with van der Waals surface area (Å²) < 4.78 is 45.6. The van der Waals surface area contributed by atoms with Crippen molar-refractivity contribution in [1.82, 2.24) is 0 Å². The van der Waals surface area contributed by atoms with Crippen LogP contribution in [0, 0.1) is 0 Å². The number of halogens is 4. The first-order chi connectivity index (χ1) is 9.98. The maximum absolute atomic E-state index is 12.0. The summed E-state index contributed by atoms with van der Waals surface area (Å²) in [5.74, 6) is 0.497. The molecule has 0 atom stereocenters. The maximum Gasteiger partial charge on any atom is 0.573 e.